The van der Waals surface area contributed by atoms with E-state index < -0.39 is 0 Å². The fourth-order valence-corrected chi connectivity index (χ4v) is 1.92. The molecule has 0 saturated carbocycles. The molecule has 0 aliphatic carbocycles. The van der Waals surface area contributed by atoms with Crippen LogP contribution in [0.25, 0.3) is 0 Å². The molecule has 0 fully saturated rings. The third kappa shape index (κ3) is 5.97. The van der Waals surface area contributed by atoms with Crippen LogP contribution in [-0.2, 0) is 4.79 Å². The highest BCUT2D eigenvalue weighted by Crippen LogP contribution is 2.20. The summed E-state index contributed by atoms with van der Waals surface area (Å²) in [4.78, 5) is 10.9. The average molecular weight is 200 g/mol. The lowest BCUT2D eigenvalue weighted by atomic mass is 9.87. The highest BCUT2D eigenvalue weighted by molar-refractivity contribution is 5.75. The maximum Gasteiger partial charge on any atom is 0.219 e. The molecule has 3 nitrogen and oxygen atoms in total. The summed E-state index contributed by atoms with van der Waals surface area (Å²) in [7, 11) is 0. The third-order valence-corrected chi connectivity index (χ3v) is 2.22. The van der Waals surface area contributed by atoms with Gasteiger partial charge in [0, 0.05) is 12.0 Å². The standard InChI is InChI=1S/C11H24N2O/c1-5-6-13-11(4,7-9(2)3)8-10(12)14/h9,13H,5-8H2,1-4H3,(H2,12,14). The Morgan fingerprint density at radius 3 is 2.43 bits per heavy atom. The van der Waals surface area contributed by atoms with E-state index in [0.717, 1.165) is 19.4 Å². The Morgan fingerprint density at radius 2 is 2.07 bits per heavy atom. The zero-order chi connectivity index (χ0) is 11.2. The van der Waals surface area contributed by atoms with E-state index in [1.54, 1.807) is 0 Å². The summed E-state index contributed by atoms with van der Waals surface area (Å²) in [5, 5.41) is 3.41. The Bertz CT molecular complexity index is 180. The number of carbonyl (C=O) groups is 1. The number of rotatable bonds is 7. The van der Waals surface area contributed by atoms with Crippen LogP contribution in [0.4, 0.5) is 0 Å². The minimum absolute atomic E-state index is 0.129. The van der Waals surface area contributed by atoms with Crippen LogP contribution in [0, 0.1) is 5.92 Å². The first-order valence-electron chi connectivity index (χ1n) is 5.43. The summed E-state index contributed by atoms with van der Waals surface area (Å²) in [6.45, 7) is 9.46. The molecule has 0 spiro atoms. The summed E-state index contributed by atoms with van der Waals surface area (Å²) in [6, 6.07) is 0. The molecule has 1 atom stereocenters. The van der Waals surface area contributed by atoms with Gasteiger partial charge in [-0.1, -0.05) is 20.8 Å². The molecular weight excluding hydrogens is 176 g/mol. The van der Waals surface area contributed by atoms with E-state index >= 15 is 0 Å². The van der Waals surface area contributed by atoms with E-state index in [2.05, 4.69) is 33.0 Å². The molecule has 0 bridgehead atoms. The summed E-state index contributed by atoms with van der Waals surface area (Å²) in [6.07, 6.45) is 2.48. The molecule has 0 heterocycles. The summed E-state index contributed by atoms with van der Waals surface area (Å²) >= 11 is 0. The first-order valence-corrected chi connectivity index (χ1v) is 5.43. The topological polar surface area (TPSA) is 55.1 Å². The highest BCUT2D eigenvalue weighted by Gasteiger charge is 2.26. The van der Waals surface area contributed by atoms with E-state index in [9.17, 15) is 4.79 Å². The van der Waals surface area contributed by atoms with Gasteiger partial charge >= 0.3 is 0 Å². The van der Waals surface area contributed by atoms with Crippen molar-refractivity contribution in [3.63, 3.8) is 0 Å². The number of hydrogen-bond donors (Lipinski definition) is 2. The molecule has 0 aromatic carbocycles. The minimum atomic E-state index is -0.225. The molecule has 3 N–H and O–H groups in total. The zero-order valence-electron chi connectivity index (χ0n) is 9.89. The fraction of sp³-hybridized carbons (Fsp3) is 0.909. The maximum absolute atomic E-state index is 10.9. The van der Waals surface area contributed by atoms with Crippen LogP contribution in [-0.4, -0.2) is 18.0 Å². The second kappa shape index (κ2) is 6.02. The average Bonchev–Trinajstić information content (AvgIpc) is 1.97. The van der Waals surface area contributed by atoms with Gasteiger partial charge in [-0.15, -0.1) is 0 Å². The molecule has 14 heavy (non-hydrogen) atoms. The molecule has 0 aromatic heterocycles. The Morgan fingerprint density at radius 1 is 1.50 bits per heavy atom. The minimum Gasteiger partial charge on any atom is -0.370 e. The van der Waals surface area contributed by atoms with Gasteiger partial charge < -0.3 is 11.1 Å². The Kier molecular flexibility index (Phi) is 5.77. The van der Waals surface area contributed by atoms with Crippen LogP contribution in [0.1, 0.15) is 47.0 Å². The first-order chi connectivity index (χ1) is 6.39. The molecule has 0 rings (SSSR count). The van der Waals surface area contributed by atoms with Crippen LogP contribution in [0.2, 0.25) is 0 Å². The summed E-state index contributed by atoms with van der Waals surface area (Å²) in [5.41, 5.74) is 5.12. The van der Waals surface area contributed by atoms with Gasteiger partial charge in [0.2, 0.25) is 5.91 Å². The molecule has 0 aromatic rings. The van der Waals surface area contributed by atoms with E-state index in [1.165, 1.54) is 0 Å². The summed E-state index contributed by atoms with van der Waals surface area (Å²) in [5.74, 6) is 0.348. The molecule has 3 heteroatoms. The largest absolute Gasteiger partial charge is 0.370 e. The lowest BCUT2D eigenvalue weighted by Gasteiger charge is -2.31. The van der Waals surface area contributed by atoms with Gasteiger partial charge in [-0.25, -0.2) is 0 Å². The van der Waals surface area contributed by atoms with Crippen molar-refractivity contribution in [3.05, 3.63) is 0 Å². The molecule has 0 radical (unpaired) electrons. The van der Waals surface area contributed by atoms with E-state index in [1.807, 2.05) is 0 Å². The van der Waals surface area contributed by atoms with E-state index in [0.29, 0.717) is 12.3 Å². The van der Waals surface area contributed by atoms with Crippen molar-refractivity contribution in [2.24, 2.45) is 11.7 Å². The molecular formula is C11H24N2O. The predicted octanol–water partition coefficient (Wildman–Crippen LogP) is 1.67. The van der Waals surface area contributed by atoms with Gasteiger partial charge in [0.1, 0.15) is 0 Å². The van der Waals surface area contributed by atoms with Crippen LogP contribution in [0.15, 0.2) is 0 Å². The van der Waals surface area contributed by atoms with Crippen molar-refractivity contribution in [2.45, 2.75) is 52.5 Å². The number of nitrogens with one attached hydrogen (secondary N) is 1. The predicted molar refractivity (Wildman–Crippen MR) is 60.0 cm³/mol. The Labute approximate surface area is 87.4 Å². The second-order valence-corrected chi connectivity index (χ2v) is 4.73. The quantitative estimate of drug-likeness (QED) is 0.657. The van der Waals surface area contributed by atoms with E-state index in [4.69, 9.17) is 5.73 Å². The normalized spacial score (nSPS) is 15.5. The molecule has 0 aliphatic rings. The zero-order valence-corrected chi connectivity index (χ0v) is 9.89. The molecule has 0 aliphatic heterocycles. The second-order valence-electron chi connectivity index (χ2n) is 4.73. The van der Waals surface area contributed by atoms with Crippen molar-refractivity contribution in [1.82, 2.24) is 5.32 Å². The van der Waals surface area contributed by atoms with Crippen molar-refractivity contribution < 1.29 is 4.79 Å². The maximum atomic E-state index is 10.9. The number of primary amides is 1. The van der Waals surface area contributed by atoms with Crippen LogP contribution >= 0.6 is 0 Å². The molecule has 84 valence electrons. The van der Waals surface area contributed by atoms with Gasteiger partial charge in [0.25, 0.3) is 0 Å². The summed E-state index contributed by atoms with van der Waals surface area (Å²) < 4.78 is 0. The van der Waals surface area contributed by atoms with Crippen molar-refractivity contribution in [1.29, 1.82) is 0 Å². The molecule has 1 unspecified atom stereocenters. The molecule has 0 saturated heterocycles. The monoisotopic (exact) mass is 200 g/mol. The lowest BCUT2D eigenvalue weighted by Crippen LogP contribution is -2.46. The first kappa shape index (κ1) is 13.4. The Hall–Kier alpha value is -0.570. The highest BCUT2D eigenvalue weighted by atomic mass is 16.1. The van der Waals surface area contributed by atoms with Crippen molar-refractivity contribution in [2.75, 3.05) is 6.54 Å². The third-order valence-electron chi connectivity index (χ3n) is 2.22. The number of carbonyl (C=O) groups excluding carboxylic acids is 1. The van der Waals surface area contributed by atoms with Gasteiger partial charge in [-0.3, -0.25) is 4.79 Å². The van der Waals surface area contributed by atoms with Gasteiger partial charge in [-0.05, 0) is 32.2 Å². The van der Waals surface area contributed by atoms with Gasteiger partial charge in [0.15, 0.2) is 0 Å². The number of amides is 1. The van der Waals surface area contributed by atoms with Crippen molar-refractivity contribution >= 4 is 5.91 Å². The van der Waals surface area contributed by atoms with Gasteiger partial charge in [-0.2, -0.15) is 0 Å². The lowest BCUT2D eigenvalue weighted by molar-refractivity contribution is -0.119. The molecule has 1 amide bonds. The fourth-order valence-electron chi connectivity index (χ4n) is 1.92. The van der Waals surface area contributed by atoms with Gasteiger partial charge in [0.05, 0.1) is 0 Å². The Balaban J connectivity index is 4.24. The van der Waals surface area contributed by atoms with Crippen LogP contribution < -0.4 is 11.1 Å². The van der Waals surface area contributed by atoms with E-state index in [-0.39, 0.29) is 11.4 Å². The van der Waals surface area contributed by atoms with Crippen molar-refractivity contribution in [3.8, 4) is 0 Å². The van der Waals surface area contributed by atoms with Crippen LogP contribution in [0.3, 0.4) is 0 Å². The number of hydrogen-bond acceptors (Lipinski definition) is 2. The number of nitrogens with two attached hydrogens (primary N) is 1. The SMILES string of the molecule is CCCNC(C)(CC(N)=O)CC(C)C. The van der Waals surface area contributed by atoms with Crippen LogP contribution in [0.5, 0.6) is 0 Å². The smallest absolute Gasteiger partial charge is 0.219 e.